The molecule has 21 heavy (non-hydrogen) atoms. The van der Waals surface area contributed by atoms with Crippen LogP contribution in [-0.4, -0.2) is 32.8 Å². The van der Waals surface area contributed by atoms with E-state index in [4.69, 9.17) is 5.73 Å². The highest BCUT2D eigenvalue weighted by Crippen LogP contribution is 2.39. The van der Waals surface area contributed by atoms with E-state index in [9.17, 15) is 4.79 Å². The van der Waals surface area contributed by atoms with Gasteiger partial charge in [-0.15, -0.1) is 0 Å². The van der Waals surface area contributed by atoms with E-state index in [-0.39, 0.29) is 11.4 Å². The second kappa shape index (κ2) is 5.29. The molecule has 2 aromatic rings. The minimum absolute atomic E-state index is 0.191. The van der Waals surface area contributed by atoms with Crippen LogP contribution in [0.2, 0.25) is 0 Å². The van der Waals surface area contributed by atoms with E-state index in [1.54, 1.807) is 29.2 Å². The molecule has 6 nitrogen and oxygen atoms in total. The fourth-order valence-corrected chi connectivity index (χ4v) is 2.45. The first-order chi connectivity index (χ1) is 10.1. The average molecular weight is 285 g/mol. The first kappa shape index (κ1) is 13.8. The maximum Gasteiger partial charge on any atom is 0.270 e. The zero-order valence-electron chi connectivity index (χ0n) is 12.0. The van der Waals surface area contributed by atoms with Gasteiger partial charge >= 0.3 is 0 Å². The number of amides is 1. The lowest BCUT2D eigenvalue weighted by Crippen LogP contribution is -2.53. The lowest BCUT2D eigenvalue weighted by Gasteiger charge is -2.29. The Morgan fingerprint density at radius 3 is 2.90 bits per heavy atom. The van der Waals surface area contributed by atoms with E-state index in [1.807, 2.05) is 19.1 Å². The Kier molecular flexibility index (Phi) is 3.47. The van der Waals surface area contributed by atoms with Gasteiger partial charge in [0.05, 0.1) is 5.54 Å². The molecule has 3 N–H and O–H groups in total. The van der Waals surface area contributed by atoms with E-state index in [2.05, 4.69) is 15.4 Å². The summed E-state index contributed by atoms with van der Waals surface area (Å²) in [6, 6.07) is 7.13. The van der Waals surface area contributed by atoms with Crippen molar-refractivity contribution in [1.82, 2.24) is 20.1 Å². The van der Waals surface area contributed by atoms with Crippen molar-refractivity contribution in [1.29, 1.82) is 0 Å². The zero-order valence-corrected chi connectivity index (χ0v) is 12.0. The van der Waals surface area contributed by atoms with Crippen LogP contribution in [-0.2, 0) is 0 Å². The first-order valence-corrected chi connectivity index (χ1v) is 7.12. The Morgan fingerprint density at radius 1 is 1.48 bits per heavy atom. The van der Waals surface area contributed by atoms with Gasteiger partial charge < -0.3 is 11.1 Å². The Hall–Kier alpha value is -2.21. The molecular formula is C15H19N5O. The summed E-state index contributed by atoms with van der Waals surface area (Å²) in [7, 11) is 0. The number of carbonyl (C=O) groups is 1. The number of pyridine rings is 1. The molecule has 1 saturated carbocycles. The van der Waals surface area contributed by atoms with Crippen LogP contribution in [0.15, 0.2) is 36.7 Å². The monoisotopic (exact) mass is 285 g/mol. The van der Waals surface area contributed by atoms with Gasteiger partial charge in [-0.3, -0.25) is 4.79 Å². The van der Waals surface area contributed by atoms with Crippen molar-refractivity contribution >= 4 is 5.91 Å². The van der Waals surface area contributed by atoms with Crippen molar-refractivity contribution in [3.8, 4) is 5.82 Å². The summed E-state index contributed by atoms with van der Waals surface area (Å²) in [5.74, 6) is 0.901. The molecule has 0 aromatic carbocycles. The molecule has 110 valence electrons. The lowest BCUT2D eigenvalue weighted by molar-refractivity contribution is 0.0892. The number of carbonyl (C=O) groups excluding carboxylic acids is 1. The van der Waals surface area contributed by atoms with Gasteiger partial charge in [0.2, 0.25) is 0 Å². The highest BCUT2D eigenvalue weighted by molar-refractivity contribution is 5.93. The van der Waals surface area contributed by atoms with Gasteiger partial charge in [0.1, 0.15) is 5.69 Å². The van der Waals surface area contributed by atoms with Gasteiger partial charge in [0.15, 0.2) is 5.82 Å². The third-order valence-electron chi connectivity index (χ3n) is 4.01. The molecule has 2 aromatic heterocycles. The first-order valence-electron chi connectivity index (χ1n) is 7.12. The van der Waals surface area contributed by atoms with Gasteiger partial charge in [-0.05, 0) is 43.9 Å². The van der Waals surface area contributed by atoms with E-state index in [0.29, 0.717) is 24.0 Å². The van der Waals surface area contributed by atoms with Crippen LogP contribution in [0, 0.1) is 5.92 Å². The maximum atomic E-state index is 12.4. The van der Waals surface area contributed by atoms with Crippen molar-refractivity contribution in [2.24, 2.45) is 11.7 Å². The minimum atomic E-state index is -0.347. The Balaban J connectivity index is 1.80. The van der Waals surface area contributed by atoms with Crippen molar-refractivity contribution in [2.45, 2.75) is 25.3 Å². The number of nitrogens with two attached hydrogens (primary N) is 1. The minimum Gasteiger partial charge on any atom is -0.344 e. The average Bonchev–Trinajstić information content (AvgIpc) is 3.23. The second-order valence-electron chi connectivity index (χ2n) is 5.68. The van der Waals surface area contributed by atoms with Crippen LogP contribution in [0.25, 0.3) is 5.82 Å². The molecule has 0 bridgehead atoms. The van der Waals surface area contributed by atoms with Crippen molar-refractivity contribution in [3.63, 3.8) is 0 Å². The molecule has 1 aliphatic carbocycles. The third kappa shape index (κ3) is 2.80. The van der Waals surface area contributed by atoms with Gasteiger partial charge in [-0.25, -0.2) is 9.67 Å². The summed E-state index contributed by atoms with van der Waals surface area (Å²) in [6.07, 6.45) is 5.70. The Labute approximate surface area is 123 Å². The molecule has 0 spiro atoms. The number of rotatable bonds is 5. The fraction of sp³-hybridized carbons (Fsp3) is 0.400. The van der Waals surface area contributed by atoms with Crippen LogP contribution in [0.1, 0.15) is 30.3 Å². The molecule has 2 heterocycles. The number of hydrogen-bond acceptors (Lipinski definition) is 4. The van der Waals surface area contributed by atoms with Crippen LogP contribution in [0.3, 0.4) is 0 Å². The standard InChI is InChI=1S/C15H19N5O/c1-15(10-16,11-6-7-11)19-14(21)12-4-2-5-13(18-12)20-9-3-8-17-20/h2-5,8-9,11H,6-7,10,16H2,1H3,(H,19,21). The molecule has 1 unspecified atom stereocenters. The zero-order chi connectivity index (χ0) is 14.9. The molecule has 1 aliphatic rings. The van der Waals surface area contributed by atoms with Gasteiger partial charge in [0.25, 0.3) is 5.91 Å². The van der Waals surface area contributed by atoms with Gasteiger partial charge in [-0.2, -0.15) is 5.10 Å². The number of hydrogen-bond donors (Lipinski definition) is 2. The normalized spacial score (nSPS) is 17.2. The summed E-state index contributed by atoms with van der Waals surface area (Å²) >= 11 is 0. The summed E-state index contributed by atoms with van der Waals surface area (Å²) < 4.78 is 1.62. The van der Waals surface area contributed by atoms with E-state index < -0.39 is 0 Å². The number of nitrogens with zero attached hydrogens (tertiary/aromatic N) is 3. The predicted octanol–water partition coefficient (Wildman–Crippen LogP) is 1.12. The predicted molar refractivity (Wildman–Crippen MR) is 79.0 cm³/mol. The molecule has 0 aliphatic heterocycles. The fourth-order valence-electron chi connectivity index (χ4n) is 2.45. The van der Waals surface area contributed by atoms with Crippen molar-refractivity contribution < 1.29 is 4.79 Å². The lowest BCUT2D eigenvalue weighted by atomic mass is 9.96. The van der Waals surface area contributed by atoms with Gasteiger partial charge in [0, 0.05) is 18.9 Å². The van der Waals surface area contributed by atoms with E-state index >= 15 is 0 Å². The molecule has 3 rings (SSSR count). The smallest absolute Gasteiger partial charge is 0.270 e. The van der Waals surface area contributed by atoms with Crippen LogP contribution in [0.4, 0.5) is 0 Å². The Bertz CT molecular complexity index is 635. The molecule has 0 saturated heterocycles. The SMILES string of the molecule is CC(CN)(NC(=O)c1cccc(-n2cccn2)n1)C1CC1. The summed E-state index contributed by atoms with van der Waals surface area (Å²) in [5, 5.41) is 7.16. The number of nitrogens with one attached hydrogen (secondary N) is 1. The summed E-state index contributed by atoms with van der Waals surface area (Å²) in [6.45, 7) is 2.43. The van der Waals surface area contributed by atoms with Crippen LogP contribution in [0.5, 0.6) is 0 Å². The quantitative estimate of drug-likeness (QED) is 0.862. The van der Waals surface area contributed by atoms with E-state index in [1.165, 1.54) is 0 Å². The van der Waals surface area contributed by atoms with Crippen LogP contribution >= 0.6 is 0 Å². The van der Waals surface area contributed by atoms with Crippen molar-refractivity contribution in [3.05, 3.63) is 42.4 Å². The largest absolute Gasteiger partial charge is 0.344 e. The van der Waals surface area contributed by atoms with Crippen molar-refractivity contribution in [2.75, 3.05) is 6.54 Å². The third-order valence-corrected chi connectivity index (χ3v) is 4.01. The summed E-state index contributed by atoms with van der Waals surface area (Å²) in [4.78, 5) is 16.8. The highest BCUT2D eigenvalue weighted by atomic mass is 16.2. The molecular weight excluding hydrogens is 266 g/mol. The molecule has 1 atom stereocenters. The van der Waals surface area contributed by atoms with E-state index in [0.717, 1.165) is 12.8 Å². The maximum absolute atomic E-state index is 12.4. The number of aromatic nitrogens is 3. The molecule has 1 fully saturated rings. The summed E-state index contributed by atoms with van der Waals surface area (Å²) in [5.41, 5.74) is 5.86. The van der Waals surface area contributed by atoms with Gasteiger partial charge in [-0.1, -0.05) is 6.07 Å². The second-order valence-corrected chi connectivity index (χ2v) is 5.68. The molecule has 0 radical (unpaired) electrons. The molecule has 1 amide bonds. The molecule has 6 heteroatoms. The Morgan fingerprint density at radius 2 is 2.29 bits per heavy atom. The highest BCUT2D eigenvalue weighted by Gasteiger charge is 2.41. The van der Waals surface area contributed by atoms with Crippen LogP contribution < -0.4 is 11.1 Å². The topological polar surface area (TPSA) is 85.8 Å².